The number of urea groups is 1. The number of aryl methyl sites for hydroxylation is 1. The van der Waals surface area contributed by atoms with E-state index >= 15 is 0 Å². The normalized spacial score (nSPS) is 21.2. The number of hydrogen-bond acceptors (Lipinski definition) is 4. The molecular formula is C22H28N4O2. The van der Waals surface area contributed by atoms with E-state index in [4.69, 9.17) is 14.7 Å². The van der Waals surface area contributed by atoms with Gasteiger partial charge in [0.25, 0.3) is 0 Å². The summed E-state index contributed by atoms with van der Waals surface area (Å²) in [5, 5.41) is 3.03. The Morgan fingerprint density at radius 2 is 2.07 bits per heavy atom. The minimum atomic E-state index is -0.250. The first-order chi connectivity index (χ1) is 13.5. The van der Waals surface area contributed by atoms with Crippen LogP contribution < -0.4 is 5.32 Å². The summed E-state index contributed by atoms with van der Waals surface area (Å²) in [6.45, 7) is 9.40. The molecule has 2 aliphatic heterocycles. The lowest BCUT2D eigenvalue weighted by Gasteiger charge is -2.35. The Labute approximate surface area is 166 Å². The van der Waals surface area contributed by atoms with Crippen LogP contribution in [0, 0.1) is 12.8 Å². The van der Waals surface area contributed by atoms with Gasteiger partial charge < -0.3 is 15.0 Å². The number of amides is 2. The molecule has 0 saturated carbocycles. The molecule has 4 rings (SSSR count). The lowest BCUT2D eigenvalue weighted by atomic mass is 9.80. The highest BCUT2D eigenvalue weighted by Crippen LogP contribution is 2.40. The van der Waals surface area contributed by atoms with E-state index < -0.39 is 0 Å². The van der Waals surface area contributed by atoms with Crippen molar-refractivity contribution in [1.29, 1.82) is 0 Å². The number of nitrogens with zero attached hydrogens (tertiary/aromatic N) is 3. The van der Waals surface area contributed by atoms with Crippen LogP contribution in [0.15, 0.2) is 30.3 Å². The highest BCUT2D eigenvalue weighted by atomic mass is 16.5. The minimum Gasteiger partial charge on any atom is -0.376 e. The maximum Gasteiger partial charge on any atom is 0.317 e. The fourth-order valence-corrected chi connectivity index (χ4v) is 4.10. The van der Waals surface area contributed by atoms with E-state index in [1.807, 2.05) is 42.2 Å². The second kappa shape index (κ2) is 7.51. The molecule has 6 heteroatoms. The second-order valence-corrected chi connectivity index (χ2v) is 8.35. The van der Waals surface area contributed by atoms with Gasteiger partial charge in [0, 0.05) is 36.5 Å². The van der Waals surface area contributed by atoms with Crippen molar-refractivity contribution in [3.8, 4) is 11.4 Å². The molecule has 28 heavy (non-hydrogen) atoms. The first kappa shape index (κ1) is 18.9. The summed E-state index contributed by atoms with van der Waals surface area (Å²) in [6.07, 6.45) is 0.861. The Bertz CT molecular complexity index is 868. The molecule has 2 aromatic rings. The third-order valence-corrected chi connectivity index (χ3v) is 5.68. The molecule has 148 valence electrons. The lowest BCUT2D eigenvalue weighted by molar-refractivity contribution is 0.0514. The molecule has 3 heterocycles. The van der Waals surface area contributed by atoms with Gasteiger partial charge in [0.2, 0.25) is 0 Å². The Kier molecular flexibility index (Phi) is 5.06. The predicted molar refractivity (Wildman–Crippen MR) is 108 cm³/mol. The van der Waals surface area contributed by atoms with Crippen molar-refractivity contribution in [2.75, 3.05) is 26.2 Å². The van der Waals surface area contributed by atoms with Crippen LogP contribution in [-0.4, -0.2) is 47.1 Å². The molecule has 2 amide bonds. The molecule has 1 fully saturated rings. The summed E-state index contributed by atoms with van der Waals surface area (Å²) in [7, 11) is 0. The molecule has 2 aliphatic rings. The summed E-state index contributed by atoms with van der Waals surface area (Å²) in [6, 6.07) is 10.1. The fourth-order valence-electron chi connectivity index (χ4n) is 4.10. The molecule has 0 radical (unpaired) electrons. The van der Waals surface area contributed by atoms with Gasteiger partial charge in [-0.2, -0.15) is 0 Å². The van der Waals surface area contributed by atoms with E-state index in [0.717, 1.165) is 41.3 Å². The Morgan fingerprint density at radius 3 is 2.82 bits per heavy atom. The van der Waals surface area contributed by atoms with E-state index in [9.17, 15) is 4.79 Å². The lowest BCUT2D eigenvalue weighted by Crippen LogP contribution is -2.45. The number of carbonyl (C=O) groups is 1. The maximum atomic E-state index is 12.6. The zero-order chi connectivity index (χ0) is 19.7. The van der Waals surface area contributed by atoms with Gasteiger partial charge in [-0.1, -0.05) is 44.2 Å². The number of ether oxygens (including phenoxy) is 1. The van der Waals surface area contributed by atoms with Crippen molar-refractivity contribution in [2.24, 2.45) is 5.92 Å². The highest BCUT2D eigenvalue weighted by molar-refractivity contribution is 5.75. The Balaban J connectivity index is 1.65. The van der Waals surface area contributed by atoms with Gasteiger partial charge in [-0.3, -0.25) is 0 Å². The summed E-state index contributed by atoms with van der Waals surface area (Å²) in [4.78, 5) is 24.2. The Hall–Kier alpha value is -2.47. The molecule has 6 nitrogen and oxygen atoms in total. The summed E-state index contributed by atoms with van der Waals surface area (Å²) in [5.74, 6) is 1.18. The molecule has 1 unspecified atom stereocenters. The monoisotopic (exact) mass is 380 g/mol. The van der Waals surface area contributed by atoms with E-state index in [1.165, 1.54) is 0 Å². The van der Waals surface area contributed by atoms with Gasteiger partial charge in [0.1, 0.15) is 0 Å². The van der Waals surface area contributed by atoms with Crippen LogP contribution in [0.4, 0.5) is 4.79 Å². The average molecular weight is 380 g/mol. The van der Waals surface area contributed by atoms with Gasteiger partial charge >= 0.3 is 6.03 Å². The van der Waals surface area contributed by atoms with Crippen LogP contribution in [0.5, 0.6) is 0 Å². The number of likely N-dealkylation sites (tertiary alicyclic amines) is 1. The molecule has 1 N–H and O–H groups in total. The summed E-state index contributed by atoms with van der Waals surface area (Å²) >= 11 is 0. The predicted octanol–water partition coefficient (Wildman–Crippen LogP) is 3.29. The van der Waals surface area contributed by atoms with Crippen molar-refractivity contribution in [3.63, 3.8) is 0 Å². The first-order valence-electron chi connectivity index (χ1n) is 10.0. The quantitative estimate of drug-likeness (QED) is 0.887. The number of carbonyl (C=O) groups excluding carboxylic acids is 1. The smallest absolute Gasteiger partial charge is 0.317 e. The van der Waals surface area contributed by atoms with E-state index in [-0.39, 0.29) is 11.4 Å². The topological polar surface area (TPSA) is 67.4 Å². The molecule has 1 aromatic carbocycles. The molecule has 1 saturated heterocycles. The zero-order valence-corrected chi connectivity index (χ0v) is 16.9. The van der Waals surface area contributed by atoms with Crippen LogP contribution in [0.2, 0.25) is 0 Å². The number of rotatable bonds is 3. The van der Waals surface area contributed by atoms with Crippen molar-refractivity contribution in [2.45, 2.75) is 39.2 Å². The SMILES string of the molecule is Cc1nc(-c2ccccc2)nc2c1COCC21CCN(C(=O)NCC(C)C)C1. The third kappa shape index (κ3) is 3.49. The van der Waals surface area contributed by atoms with Crippen molar-refractivity contribution in [1.82, 2.24) is 20.2 Å². The van der Waals surface area contributed by atoms with Crippen LogP contribution in [0.3, 0.4) is 0 Å². The maximum absolute atomic E-state index is 12.6. The number of aromatic nitrogens is 2. The molecule has 0 aliphatic carbocycles. The Morgan fingerprint density at radius 1 is 1.29 bits per heavy atom. The molecule has 0 bridgehead atoms. The van der Waals surface area contributed by atoms with E-state index in [1.54, 1.807) is 0 Å². The van der Waals surface area contributed by atoms with E-state index in [0.29, 0.717) is 32.2 Å². The van der Waals surface area contributed by atoms with Gasteiger partial charge in [-0.05, 0) is 19.3 Å². The number of fused-ring (bicyclic) bond motifs is 2. The summed E-state index contributed by atoms with van der Waals surface area (Å²) in [5.41, 5.74) is 3.87. The molecule has 1 atom stereocenters. The fraction of sp³-hybridized carbons (Fsp3) is 0.500. The first-order valence-corrected chi connectivity index (χ1v) is 10.0. The minimum absolute atomic E-state index is 0.00626. The van der Waals surface area contributed by atoms with Gasteiger partial charge in [0.05, 0.1) is 24.3 Å². The van der Waals surface area contributed by atoms with Crippen molar-refractivity contribution in [3.05, 3.63) is 47.3 Å². The second-order valence-electron chi connectivity index (χ2n) is 8.35. The molecule has 1 spiro atoms. The average Bonchev–Trinajstić information content (AvgIpc) is 3.12. The van der Waals surface area contributed by atoms with Gasteiger partial charge in [-0.25, -0.2) is 14.8 Å². The van der Waals surface area contributed by atoms with E-state index in [2.05, 4.69) is 19.2 Å². The van der Waals surface area contributed by atoms with Crippen LogP contribution in [0.1, 0.15) is 37.2 Å². The highest BCUT2D eigenvalue weighted by Gasteiger charge is 2.46. The summed E-state index contributed by atoms with van der Waals surface area (Å²) < 4.78 is 5.95. The standard InChI is InChI=1S/C22H28N4O2/c1-15(2)11-23-21(27)26-10-9-22(13-26)14-28-12-18-16(3)24-20(25-19(18)22)17-7-5-4-6-8-17/h4-8,15H,9-14H2,1-3H3,(H,23,27). The largest absolute Gasteiger partial charge is 0.376 e. The van der Waals surface area contributed by atoms with Crippen LogP contribution >= 0.6 is 0 Å². The van der Waals surface area contributed by atoms with Crippen molar-refractivity contribution < 1.29 is 9.53 Å². The van der Waals surface area contributed by atoms with Crippen LogP contribution in [0.25, 0.3) is 11.4 Å². The van der Waals surface area contributed by atoms with Crippen molar-refractivity contribution >= 4 is 6.03 Å². The third-order valence-electron chi connectivity index (χ3n) is 5.68. The zero-order valence-electron chi connectivity index (χ0n) is 16.9. The van der Waals surface area contributed by atoms with Gasteiger partial charge in [-0.15, -0.1) is 0 Å². The van der Waals surface area contributed by atoms with Crippen LogP contribution in [-0.2, 0) is 16.8 Å². The molecule has 1 aromatic heterocycles. The molecular weight excluding hydrogens is 352 g/mol. The number of benzene rings is 1. The number of hydrogen-bond donors (Lipinski definition) is 1. The van der Waals surface area contributed by atoms with Gasteiger partial charge in [0.15, 0.2) is 5.82 Å². The number of nitrogens with one attached hydrogen (secondary N) is 1.